The Balaban J connectivity index is 1.23. The lowest BCUT2D eigenvalue weighted by Gasteiger charge is -2.38. The third-order valence-corrected chi connectivity index (χ3v) is 7.05. The first-order valence-electron chi connectivity index (χ1n) is 10.9. The number of carbonyl (C=O) groups excluding carboxylic acids is 1. The summed E-state index contributed by atoms with van der Waals surface area (Å²) in [4.78, 5) is 21.8. The van der Waals surface area contributed by atoms with Crippen LogP contribution < -0.4 is 4.90 Å². The third kappa shape index (κ3) is 2.77. The van der Waals surface area contributed by atoms with Gasteiger partial charge in [0.1, 0.15) is 17.9 Å². The Labute approximate surface area is 179 Å². The highest BCUT2D eigenvalue weighted by Crippen LogP contribution is 2.47. The molecule has 0 saturated carbocycles. The quantitative estimate of drug-likeness (QED) is 0.636. The van der Waals surface area contributed by atoms with Crippen LogP contribution >= 0.6 is 0 Å². The second kappa shape index (κ2) is 6.75. The van der Waals surface area contributed by atoms with Crippen molar-refractivity contribution in [3.8, 4) is 0 Å². The number of nitrogens with zero attached hydrogens (tertiary/aromatic N) is 5. The van der Waals surface area contributed by atoms with Crippen LogP contribution in [0.5, 0.6) is 0 Å². The summed E-state index contributed by atoms with van der Waals surface area (Å²) >= 11 is 0. The van der Waals surface area contributed by atoms with E-state index in [1.165, 1.54) is 6.07 Å². The fraction of sp³-hybridized carbons (Fsp3) is 0.435. The van der Waals surface area contributed by atoms with Crippen LogP contribution in [-0.2, 0) is 9.53 Å². The van der Waals surface area contributed by atoms with Gasteiger partial charge in [-0.25, -0.2) is 8.91 Å². The summed E-state index contributed by atoms with van der Waals surface area (Å²) in [7, 11) is 0. The van der Waals surface area contributed by atoms with E-state index in [0.29, 0.717) is 18.5 Å². The van der Waals surface area contributed by atoms with Crippen molar-refractivity contribution in [3.05, 3.63) is 59.8 Å². The molecule has 0 unspecified atom stereocenters. The Morgan fingerprint density at radius 1 is 1.19 bits per heavy atom. The van der Waals surface area contributed by atoms with Crippen molar-refractivity contribution in [1.82, 2.24) is 19.5 Å². The van der Waals surface area contributed by atoms with Crippen LogP contribution in [0.15, 0.2) is 42.7 Å². The number of pyridine rings is 2. The van der Waals surface area contributed by atoms with Crippen molar-refractivity contribution in [3.63, 3.8) is 0 Å². The van der Waals surface area contributed by atoms with E-state index in [4.69, 9.17) is 4.74 Å². The average Bonchev–Trinajstić information content (AvgIpc) is 3.47. The van der Waals surface area contributed by atoms with Gasteiger partial charge in [0.15, 0.2) is 5.60 Å². The van der Waals surface area contributed by atoms with Gasteiger partial charge >= 0.3 is 0 Å². The lowest BCUT2D eigenvalue weighted by atomic mass is 9.89. The molecule has 3 aromatic rings. The van der Waals surface area contributed by atoms with Gasteiger partial charge in [0.2, 0.25) is 0 Å². The summed E-state index contributed by atoms with van der Waals surface area (Å²) in [5.41, 5.74) is 1.39. The molecule has 7 nitrogen and oxygen atoms in total. The van der Waals surface area contributed by atoms with E-state index in [2.05, 4.69) is 21.0 Å². The SMILES string of the molecule is Cc1ncc([C@@H]2CC[C@H]3OC4(CCN(c5cccc6ccnn56)CC4)C(=O)N32)cc1F. The number of hydrogen-bond donors (Lipinski definition) is 0. The van der Waals surface area contributed by atoms with Crippen LogP contribution in [-0.4, -0.2) is 50.3 Å². The zero-order valence-electron chi connectivity index (χ0n) is 17.4. The highest BCUT2D eigenvalue weighted by atomic mass is 19.1. The summed E-state index contributed by atoms with van der Waals surface area (Å²) in [5, 5.41) is 4.43. The Hall–Kier alpha value is -3.00. The molecule has 6 rings (SSSR count). The van der Waals surface area contributed by atoms with Gasteiger partial charge in [-0.05, 0) is 49.6 Å². The van der Waals surface area contributed by atoms with Crippen molar-refractivity contribution in [2.75, 3.05) is 18.0 Å². The number of piperidine rings is 1. The van der Waals surface area contributed by atoms with E-state index < -0.39 is 5.60 Å². The number of aryl methyl sites for hydroxylation is 1. The minimum Gasteiger partial charge on any atom is -0.356 e. The number of anilines is 1. The summed E-state index contributed by atoms with van der Waals surface area (Å²) in [6.07, 6.45) is 6.05. The molecule has 0 bridgehead atoms. The number of hydrogen-bond acceptors (Lipinski definition) is 5. The van der Waals surface area contributed by atoms with Crippen molar-refractivity contribution >= 4 is 17.2 Å². The first kappa shape index (κ1) is 18.7. The summed E-state index contributed by atoms with van der Waals surface area (Å²) in [6.45, 7) is 3.08. The van der Waals surface area contributed by atoms with E-state index in [1.54, 1.807) is 19.3 Å². The molecule has 160 valence electrons. The molecule has 3 aliphatic heterocycles. The van der Waals surface area contributed by atoms with Crippen molar-refractivity contribution in [2.24, 2.45) is 0 Å². The molecule has 6 heterocycles. The lowest BCUT2D eigenvalue weighted by molar-refractivity contribution is -0.140. The van der Waals surface area contributed by atoms with E-state index in [1.807, 2.05) is 27.6 Å². The molecule has 1 spiro atoms. The number of ether oxygens (including phenoxy) is 1. The second-order valence-corrected chi connectivity index (χ2v) is 8.75. The minimum absolute atomic E-state index is 0.0398. The predicted molar refractivity (Wildman–Crippen MR) is 112 cm³/mol. The topological polar surface area (TPSA) is 63.0 Å². The van der Waals surface area contributed by atoms with E-state index in [9.17, 15) is 9.18 Å². The molecule has 2 atom stereocenters. The van der Waals surface area contributed by atoms with Crippen LogP contribution in [0.1, 0.15) is 43.0 Å². The van der Waals surface area contributed by atoms with Crippen LogP contribution in [0.25, 0.3) is 5.52 Å². The van der Waals surface area contributed by atoms with Gasteiger partial charge in [-0.2, -0.15) is 5.10 Å². The first-order valence-corrected chi connectivity index (χ1v) is 10.9. The molecule has 3 aromatic heterocycles. The summed E-state index contributed by atoms with van der Waals surface area (Å²) in [6, 6.07) is 9.45. The molecule has 0 aromatic carbocycles. The van der Waals surface area contributed by atoms with Crippen LogP contribution in [0.4, 0.5) is 10.2 Å². The molecule has 0 radical (unpaired) electrons. The maximum absolute atomic E-state index is 14.1. The molecule has 1 amide bonds. The van der Waals surface area contributed by atoms with Crippen LogP contribution in [0.2, 0.25) is 0 Å². The van der Waals surface area contributed by atoms with Crippen molar-refractivity contribution in [1.29, 1.82) is 0 Å². The van der Waals surface area contributed by atoms with E-state index in [-0.39, 0.29) is 24.0 Å². The highest BCUT2D eigenvalue weighted by molar-refractivity contribution is 5.88. The number of aromatic nitrogens is 3. The van der Waals surface area contributed by atoms with Crippen molar-refractivity contribution < 1.29 is 13.9 Å². The third-order valence-electron chi connectivity index (χ3n) is 7.05. The largest absolute Gasteiger partial charge is 0.356 e. The minimum atomic E-state index is -0.783. The summed E-state index contributed by atoms with van der Waals surface area (Å²) in [5.74, 6) is 0.740. The van der Waals surface area contributed by atoms with Crippen LogP contribution in [0.3, 0.4) is 0 Å². The smallest absolute Gasteiger partial charge is 0.257 e. The molecule has 31 heavy (non-hydrogen) atoms. The Morgan fingerprint density at radius 3 is 2.84 bits per heavy atom. The van der Waals surface area contributed by atoms with Gasteiger partial charge in [-0.15, -0.1) is 0 Å². The Bertz CT molecular complexity index is 1170. The molecule has 0 aliphatic carbocycles. The van der Waals surface area contributed by atoms with E-state index in [0.717, 1.165) is 42.8 Å². The van der Waals surface area contributed by atoms with Gasteiger partial charge < -0.3 is 14.5 Å². The van der Waals surface area contributed by atoms with Gasteiger partial charge in [-0.3, -0.25) is 9.78 Å². The zero-order chi connectivity index (χ0) is 21.2. The molecule has 3 saturated heterocycles. The van der Waals surface area contributed by atoms with Gasteiger partial charge in [0.05, 0.1) is 23.4 Å². The molecule has 3 fully saturated rings. The van der Waals surface area contributed by atoms with E-state index >= 15 is 0 Å². The standard InChI is InChI=1S/C23H24FN5O2/c1-15-18(24)13-16(14-25-15)19-5-6-21-28(19)22(30)23(31-21)8-11-27(12-9-23)20-4-2-3-17-7-10-26-29(17)20/h2-4,7,10,13-14,19,21H,5-6,8-9,11-12H2,1H3/t19-,21+/m0/s1. The Morgan fingerprint density at radius 2 is 2.03 bits per heavy atom. The fourth-order valence-corrected chi connectivity index (χ4v) is 5.35. The second-order valence-electron chi connectivity index (χ2n) is 8.75. The van der Waals surface area contributed by atoms with Gasteiger partial charge in [0, 0.05) is 32.1 Å². The number of fused-ring (bicyclic) bond motifs is 2. The van der Waals surface area contributed by atoms with Crippen molar-refractivity contribution in [2.45, 2.75) is 50.5 Å². The molecular formula is C23H24FN5O2. The van der Waals surface area contributed by atoms with Gasteiger partial charge in [-0.1, -0.05) is 6.07 Å². The zero-order valence-corrected chi connectivity index (χ0v) is 17.4. The maximum Gasteiger partial charge on any atom is 0.257 e. The first-order chi connectivity index (χ1) is 15.1. The predicted octanol–water partition coefficient (Wildman–Crippen LogP) is 3.24. The molecule has 8 heteroatoms. The van der Waals surface area contributed by atoms with Gasteiger partial charge in [0.25, 0.3) is 5.91 Å². The molecule has 0 N–H and O–H groups in total. The lowest BCUT2D eigenvalue weighted by Crippen LogP contribution is -2.50. The maximum atomic E-state index is 14.1. The number of carbonyl (C=O) groups is 1. The highest BCUT2D eigenvalue weighted by Gasteiger charge is 2.58. The molecular weight excluding hydrogens is 397 g/mol. The van der Waals surface area contributed by atoms with Crippen LogP contribution in [0, 0.1) is 12.7 Å². The monoisotopic (exact) mass is 421 g/mol. The summed E-state index contributed by atoms with van der Waals surface area (Å²) < 4.78 is 22.4. The number of halogens is 1. The number of amides is 1. The Kier molecular flexibility index (Phi) is 4.08. The average molecular weight is 421 g/mol. The fourth-order valence-electron chi connectivity index (χ4n) is 5.35. The number of rotatable bonds is 2. The normalized spacial score (nSPS) is 25.0. The molecule has 3 aliphatic rings.